The summed E-state index contributed by atoms with van der Waals surface area (Å²) in [7, 11) is -3.28. The quantitative estimate of drug-likeness (QED) is 0.170. The molecule has 0 bridgehead atoms. The number of hydrogen-bond donors (Lipinski definition) is 3. The zero-order valence-electron chi connectivity index (χ0n) is 22.6. The number of nitrogens with one attached hydrogen (secondary N) is 1. The SMILES string of the molecule is CS(=O)(=O)c1ccc(-c2ccc3cc(O)cc(Oc4ccccc4OCCNCCCCOCCN)c3c2)cc1. The molecule has 0 saturated heterocycles. The topological polar surface area (TPSA) is 120 Å². The highest BCUT2D eigenvalue weighted by molar-refractivity contribution is 7.90. The molecule has 9 heteroatoms. The predicted octanol–water partition coefficient (Wildman–Crippen LogP) is 5.13. The van der Waals surface area contributed by atoms with Gasteiger partial charge in [-0.15, -0.1) is 0 Å². The van der Waals surface area contributed by atoms with Gasteiger partial charge < -0.3 is 30.4 Å². The zero-order valence-corrected chi connectivity index (χ0v) is 23.5. The number of sulfone groups is 1. The van der Waals surface area contributed by atoms with Gasteiger partial charge in [0.1, 0.15) is 18.1 Å². The maximum absolute atomic E-state index is 11.8. The van der Waals surface area contributed by atoms with Gasteiger partial charge >= 0.3 is 0 Å². The summed E-state index contributed by atoms with van der Waals surface area (Å²) in [5.41, 5.74) is 7.17. The molecule has 40 heavy (non-hydrogen) atoms. The smallest absolute Gasteiger partial charge is 0.175 e. The summed E-state index contributed by atoms with van der Waals surface area (Å²) in [6.07, 6.45) is 3.18. The summed E-state index contributed by atoms with van der Waals surface area (Å²) in [4.78, 5) is 0.269. The third-order valence-corrected chi connectivity index (χ3v) is 7.41. The molecule has 0 aliphatic carbocycles. The van der Waals surface area contributed by atoms with Gasteiger partial charge in [0.15, 0.2) is 21.3 Å². The molecule has 4 aromatic carbocycles. The van der Waals surface area contributed by atoms with Crippen LogP contribution in [0.25, 0.3) is 21.9 Å². The van der Waals surface area contributed by atoms with Crippen molar-refractivity contribution in [3.05, 3.63) is 78.9 Å². The first-order chi connectivity index (χ1) is 19.3. The van der Waals surface area contributed by atoms with Crippen molar-refractivity contribution in [2.45, 2.75) is 17.7 Å². The molecule has 0 aliphatic heterocycles. The van der Waals surface area contributed by atoms with Gasteiger partial charge in [-0.05, 0) is 72.3 Å². The molecule has 0 saturated carbocycles. The van der Waals surface area contributed by atoms with E-state index in [1.807, 2.05) is 42.5 Å². The van der Waals surface area contributed by atoms with E-state index in [0.717, 1.165) is 47.9 Å². The average molecular weight is 565 g/mol. The number of phenolic OH excluding ortho intramolecular Hbond substituents is 1. The van der Waals surface area contributed by atoms with Crippen LogP contribution in [-0.2, 0) is 14.6 Å². The van der Waals surface area contributed by atoms with Crippen molar-refractivity contribution in [1.29, 1.82) is 0 Å². The second kappa shape index (κ2) is 14.1. The summed E-state index contributed by atoms with van der Waals surface area (Å²) in [6.45, 7) is 3.91. The number of benzene rings is 4. The number of unbranched alkanes of at least 4 members (excludes halogenated alkanes) is 1. The fraction of sp³-hybridized carbons (Fsp3) is 0.290. The van der Waals surface area contributed by atoms with Crippen LogP contribution in [0.2, 0.25) is 0 Å². The highest BCUT2D eigenvalue weighted by Gasteiger charge is 2.13. The van der Waals surface area contributed by atoms with E-state index in [1.165, 1.54) is 6.26 Å². The van der Waals surface area contributed by atoms with E-state index in [2.05, 4.69) is 5.32 Å². The fourth-order valence-electron chi connectivity index (χ4n) is 4.24. The van der Waals surface area contributed by atoms with Gasteiger partial charge in [0.2, 0.25) is 0 Å². The number of ether oxygens (including phenoxy) is 3. The monoisotopic (exact) mass is 564 g/mol. The predicted molar refractivity (Wildman–Crippen MR) is 158 cm³/mol. The van der Waals surface area contributed by atoms with Crippen LogP contribution in [0.4, 0.5) is 0 Å². The number of fused-ring (bicyclic) bond motifs is 1. The first kappa shape index (κ1) is 29.4. The van der Waals surface area contributed by atoms with Gasteiger partial charge in [-0.2, -0.15) is 0 Å². The number of para-hydroxylation sites is 2. The van der Waals surface area contributed by atoms with Crippen LogP contribution in [0.1, 0.15) is 12.8 Å². The molecule has 0 unspecified atom stereocenters. The lowest BCUT2D eigenvalue weighted by Crippen LogP contribution is -2.22. The maximum atomic E-state index is 11.8. The Labute approximate surface area is 235 Å². The molecule has 0 atom stereocenters. The van der Waals surface area contributed by atoms with Gasteiger partial charge in [-0.25, -0.2) is 8.42 Å². The van der Waals surface area contributed by atoms with Gasteiger partial charge in [-0.1, -0.05) is 36.4 Å². The molecule has 4 rings (SSSR count). The third-order valence-electron chi connectivity index (χ3n) is 6.28. The van der Waals surface area contributed by atoms with E-state index in [0.29, 0.717) is 43.6 Å². The minimum Gasteiger partial charge on any atom is -0.508 e. The summed E-state index contributed by atoms with van der Waals surface area (Å²) < 4.78 is 41.4. The zero-order chi connectivity index (χ0) is 28.4. The molecular formula is C31H36N2O6S. The molecule has 0 radical (unpaired) electrons. The fourth-order valence-corrected chi connectivity index (χ4v) is 4.87. The highest BCUT2D eigenvalue weighted by Crippen LogP contribution is 2.39. The number of nitrogens with two attached hydrogens (primary N) is 1. The summed E-state index contributed by atoms with van der Waals surface area (Å²) in [6, 6.07) is 23.3. The first-order valence-corrected chi connectivity index (χ1v) is 15.2. The molecule has 212 valence electrons. The molecule has 4 aromatic rings. The second-order valence-electron chi connectivity index (χ2n) is 9.43. The number of rotatable bonds is 15. The standard InChI is InChI=1S/C31H36N2O6S/c1-40(35,36)27-12-10-23(11-13-27)24-8-9-25-20-26(34)22-31(28(25)21-24)39-30-7-3-2-6-29(30)38-19-16-33-15-4-5-17-37-18-14-32/h2-3,6-13,20-22,33-34H,4-5,14-19,32H2,1H3. The molecule has 8 nitrogen and oxygen atoms in total. The Hall–Kier alpha value is -3.63. The van der Waals surface area contributed by atoms with Crippen molar-refractivity contribution < 1.29 is 27.7 Å². The van der Waals surface area contributed by atoms with E-state index in [-0.39, 0.29) is 10.6 Å². The van der Waals surface area contributed by atoms with E-state index in [9.17, 15) is 13.5 Å². The molecule has 0 spiro atoms. The van der Waals surface area contributed by atoms with Gasteiger partial charge in [0, 0.05) is 37.4 Å². The van der Waals surface area contributed by atoms with Crippen LogP contribution < -0.4 is 20.5 Å². The molecule has 4 N–H and O–H groups in total. The van der Waals surface area contributed by atoms with Crippen LogP contribution in [-0.4, -0.2) is 59.2 Å². The van der Waals surface area contributed by atoms with Crippen LogP contribution in [0.15, 0.2) is 83.8 Å². The molecule has 0 fully saturated rings. The summed E-state index contributed by atoms with van der Waals surface area (Å²) >= 11 is 0. The number of aromatic hydroxyl groups is 1. The molecule has 0 heterocycles. The van der Waals surface area contributed by atoms with Crippen molar-refractivity contribution in [3.8, 4) is 34.1 Å². The second-order valence-corrected chi connectivity index (χ2v) is 11.4. The van der Waals surface area contributed by atoms with Crippen LogP contribution in [0, 0.1) is 0 Å². The first-order valence-electron chi connectivity index (χ1n) is 13.3. The van der Waals surface area contributed by atoms with Crippen molar-refractivity contribution in [1.82, 2.24) is 5.32 Å². The third kappa shape index (κ3) is 8.19. The normalized spacial score (nSPS) is 11.6. The Morgan fingerprint density at radius 1 is 0.800 bits per heavy atom. The van der Waals surface area contributed by atoms with E-state index < -0.39 is 9.84 Å². The Bertz CT molecular complexity index is 1510. The van der Waals surface area contributed by atoms with Crippen molar-refractivity contribution in [2.24, 2.45) is 5.73 Å². The lowest BCUT2D eigenvalue weighted by molar-refractivity contribution is 0.137. The van der Waals surface area contributed by atoms with Crippen LogP contribution in [0.5, 0.6) is 23.0 Å². The lowest BCUT2D eigenvalue weighted by Gasteiger charge is -2.15. The molecular weight excluding hydrogens is 528 g/mol. The minimum absolute atomic E-state index is 0.0868. The summed E-state index contributed by atoms with van der Waals surface area (Å²) in [5, 5.41) is 15.3. The number of phenols is 1. The molecule has 0 aliphatic rings. The lowest BCUT2D eigenvalue weighted by atomic mass is 10.0. The Morgan fingerprint density at radius 3 is 2.30 bits per heavy atom. The van der Waals surface area contributed by atoms with E-state index >= 15 is 0 Å². The Balaban J connectivity index is 1.44. The summed E-state index contributed by atoms with van der Waals surface area (Å²) in [5.74, 6) is 1.71. The minimum atomic E-state index is -3.28. The van der Waals surface area contributed by atoms with Gasteiger partial charge in [-0.3, -0.25) is 0 Å². The van der Waals surface area contributed by atoms with E-state index in [4.69, 9.17) is 19.9 Å². The van der Waals surface area contributed by atoms with Crippen molar-refractivity contribution in [3.63, 3.8) is 0 Å². The Morgan fingerprint density at radius 2 is 1.55 bits per heavy atom. The average Bonchev–Trinajstić information content (AvgIpc) is 2.94. The van der Waals surface area contributed by atoms with Crippen molar-refractivity contribution in [2.75, 3.05) is 45.7 Å². The van der Waals surface area contributed by atoms with E-state index in [1.54, 1.807) is 36.4 Å². The number of hydrogen-bond acceptors (Lipinski definition) is 8. The van der Waals surface area contributed by atoms with Crippen LogP contribution >= 0.6 is 0 Å². The van der Waals surface area contributed by atoms with Gasteiger partial charge in [0.25, 0.3) is 0 Å². The largest absolute Gasteiger partial charge is 0.508 e. The maximum Gasteiger partial charge on any atom is 0.175 e. The highest BCUT2D eigenvalue weighted by atomic mass is 32.2. The van der Waals surface area contributed by atoms with Gasteiger partial charge in [0.05, 0.1) is 11.5 Å². The van der Waals surface area contributed by atoms with Crippen molar-refractivity contribution >= 4 is 20.6 Å². The molecule has 0 aromatic heterocycles. The van der Waals surface area contributed by atoms with Crippen LogP contribution in [0.3, 0.4) is 0 Å². The molecule has 0 amide bonds. The Kier molecular flexibility index (Phi) is 10.4.